The molecule has 37 heavy (non-hydrogen) atoms. The van der Waals surface area contributed by atoms with Crippen molar-refractivity contribution in [1.82, 2.24) is 4.90 Å². The van der Waals surface area contributed by atoms with Gasteiger partial charge in [0.05, 0.1) is 19.0 Å². The Kier molecular flexibility index (Phi) is 25.9. The monoisotopic (exact) mass is 549 g/mol. The number of hydrogen-bond donors (Lipinski definition) is 1. The van der Waals surface area contributed by atoms with Crippen LogP contribution in [0.1, 0.15) is 149 Å². The Morgan fingerprint density at radius 3 is 1.59 bits per heavy atom. The standard InChI is InChI=1S/C30H63NO5S/c1-5-7-9-11-14-18-23-29(24-19-15-12-10-8-6-2)36-30(32)25-20-16-13-17-21-26-31(3)27-22-28-37(33,34)35-4/h29-30,32H,5-28H2,1-4H3. The molecule has 224 valence electrons. The summed E-state index contributed by atoms with van der Waals surface area (Å²) in [6.45, 7) is 6.27. The molecule has 0 rings (SSSR count). The first kappa shape index (κ1) is 36.8. The van der Waals surface area contributed by atoms with Crippen LogP contribution in [0.3, 0.4) is 0 Å². The van der Waals surface area contributed by atoms with Crippen molar-refractivity contribution >= 4 is 10.1 Å². The number of hydrogen-bond acceptors (Lipinski definition) is 6. The fourth-order valence-electron chi connectivity index (χ4n) is 4.81. The maximum absolute atomic E-state index is 11.4. The van der Waals surface area contributed by atoms with Crippen LogP contribution in [0.4, 0.5) is 0 Å². The van der Waals surface area contributed by atoms with Crippen molar-refractivity contribution in [2.45, 2.75) is 161 Å². The number of aliphatic hydroxyl groups excluding tert-OH is 1. The van der Waals surface area contributed by atoms with Gasteiger partial charge in [0.1, 0.15) is 0 Å². The molecule has 0 aromatic carbocycles. The van der Waals surface area contributed by atoms with E-state index in [4.69, 9.17) is 4.74 Å². The highest BCUT2D eigenvalue weighted by molar-refractivity contribution is 7.86. The normalized spacial score (nSPS) is 13.2. The van der Waals surface area contributed by atoms with Gasteiger partial charge in [0.15, 0.2) is 6.29 Å². The molecule has 0 saturated heterocycles. The number of rotatable bonds is 29. The summed E-state index contributed by atoms with van der Waals surface area (Å²) in [6.07, 6.45) is 24.3. The van der Waals surface area contributed by atoms with E-state index in [0.717, 1.165) is 64.5 Å². The van der Waals surface area contributed by atoms with Crippen molar-refractivity contribution in [1.29, 1.82) is 0 Å². The summed E-state index contributed by atoms with van der Waals surface area (Å²) >= 11 is 0. The first-order valence-electron chi connectivity index (χ1n) is 15.6. The van der Waals surface area contributed by atoms with Crippen molar-refractivity contribution in [2.24, 2.45) is 0 Å². The molecule has 0 aliphatic heterocycles. The van der Waals surface area contributed by atoms with Crippen molar-refractivity contribution in [2.75, 3.05) is 33.0 Å². The number of ether oxygens (including phenoxy) is 1. The quantitative estimate of drug-likeness (QED) is 0.0582. The highest BCUT2D eigenvalue weighted by Crippen LogP contribution is 2.19. The van der Waals surface area contributed by atoms with Gasteiger partial charge in [-0.1, -0.05) is 110 Å². The lowest BCUT2D eigenvalue weighted by Crippen LogP contribution is -2.23. The number of nitrogens with zero attached hydrogens (tertiary/aromatic N) is 1. The van der Waals surface area contributed by atoms with E-state index in [0.29, 0.717) is 6.42 Å². The molecule has 1 unspecified atom stereocenters. The largest absolute Gasteiger partial charge is 0.368 e. The van der Waals surface area contributed by atoms with E-state index < -0.39 is 16.4 Å². The molecule has 6 nitrogen and oxygen atoms in total. The summed E-state index contributed by atoms with van der Waals surface area (Å²) in [5.74, 6) is 0.0804. The van der Waals surface area contributed by atoms with Gasteiger partial charge in [-0.05, 0) is 58.7 Å². The van der Waals surface area contributed by atoms with Gasteiger partial charge in [0.25, 0.3) is 10.1 Å². The molecule has 0 radical (unpaired) electrons. The molecular weight excluding hydrogens is 486 g/mol. The Morgan fingerprint density at radius 1 is 0.649 bits per heavy atom. The zero-order valence-electron chi connectivity index (χ0n) is 25.1. The van der Waals surface area contributed by atoms with Gasteiger partial charge < -0.3 is 14.7 Å². The zero-order chi connectivity index (χ0) is 27.6. The van der Waals surface area contributed by atoms with Gasteiger partial charge in [0, 0.05) is 0 Å². The highest BCUT2D eigenvalue weighted by Gasteiger charge is 2.14. The van der Waals surface area contributed by atoms with Crippen LogP contribution in [0.2, 0.25) is 0 Å². The van der Waals surface area contributed by atoms with Crippen molar-refractivity contribution in [3.05, 3.63) is 0 Å². The molecule has 0 bridgehead atoms. The van der Waals surface area contributed by atoms with Gasteiger partial charge in [-0.15, -0.1) is 0 Å². The summed E-state index contributed by atoms with van der Waals surface area (Å²) in [5.41, 5.74) is 0. The van der Waals surface area contributed by atoms with Crippen LogP contribution in [0, 0.1) is 0 Å². The summed E-state index contributed by atoms with van der Waals surface area (Å²) in [6, 6.07) is 0. The van der Waals surface area contributed by atoms with E-state index in [1.165, 1.54) is 84.2 Å². The second-order valence-corrected chi connectivity index (χ2v) is 12.8. The summed E-state index contributed by atoms with van der Waals surface area (Å²) in [4.78, 5) is 2.19. The van der Waals surface area contributed by atoms with Crippen LogP contribution in [-0.2, 0) is 19.0 Å². The topological polar surface area (TPSA) is 76.1 Å². The lowest BCUT2D eigenvalue weighted by atomic mass is 10.0. The van der Waals surface area contributed by atoms with Crippen LogP contribution < -0.4 is 0 Å². The van der Waals surface area contributed by atoms with Crippen LogP contribution in [0.15, 0.2) is 0 Å². The van der Waals surface area contributed by atoms with E-state index in [-0.39, 0.29) is 11.9 Å². The molecule has 7 heteroatoms. The number of aliphatic hydroxyl groups is 1. The van der Waals surface area contributed by atoms with Crippen LogP contribution in [0.5, 0.6) is 0 Å². The second kappa shape index (κ2) is 26.0. The number of unbranched alkanes of at least 4 members (excludes halogenated alkanes) is 14. The maximum Gasteiger partial charge on any atom is 0.267 e. The minimum Gasteiger partial charge on any atom is -0.368 e. The summed E-state index contributed by atoms with van der Waals surface area (Å²) in [5, 5.41) is 10.5. The molecule has 0 saturated carbocycles. The van der Waals surface area contributed by atoms with E-state index in [2.05, 4.69) is 22.9 Å². The van der Waals surface area contributed by atoms with E-state index >= 15 is 0 Å². The lowest BCUT2D eigenvalue weighted by Gasteiger charge is -2.22. The predicted octanol–water partition coefficient (Wildman–Crippen LogP) is 7.83. The van der Waals surface area contributed by atoms with Gasteiger partial charge >= 0.3 is 0 Å². The minimum atomic E-state index is -3.34. The summed E-state index contributed by atoms with van der Waals surface area (Å²) in [7, 11) is -0.0825. The second-order valence-electron chi connectivity index (χ2n) is 11.0. The molecule has 0 spiro atoms. The SMILES string of the molecule is CCCCCCCCC(CCCCCCCC)OC(O)CCCCCCCN(C)CCCS(=O)(=O)OC. The molecule has 0 fully saturated rings. The first-order valence-corrected chi connectivity index (χ1v) is 17.2. The molecule has 0 aliphatic carbocycles. The smallest absolute Gasteiger partial charge is 0.267 e. The van der Waals surface area contributed by atoms with Crippen LogP contribution >= 0.6 is 0 Å². The average Bonchev–Trinajstić information content (AvgIpc) is 2.87. The summed E-state index contributed by atoms with van der Waals surface area (Å²) < 4.78 is 33.3. The Bertz CT molecular complexity index is 556. The van der Waals surface area contributed by atoms with Gasteiger partial charge in [-0.25, -0.2) is 0 Å². The van der Waals surface area contributed by atoms with Gasteiger partial charge in [0.2, 0.25) is 0 Å². The fourth-order valence-corrected chi connectivity index (χ4v) is 5.46. The Hall–Kier alpha value is -0.210. The van der Waals surface area contributed by atoms with E-state index in [1.54, 1.807) is 0 Å². The van der Waals surface area contributed by atoms with Crippen molar-refractivity contribution in [3.63, 3.8) is 0 Å². The lowest BCUT2D eigenvalue weighted by molar-refractivity contribution is -0.144. The molecule has 1 atom stereocenters. The van der Waals surface area contributed by atoms with Crippen molar-refractivity contribution < 1.29 is 22.4 Å². The predicted molar refractivity (Wildman–Crippen MR) is 157 cm³/mol. The Balaban J connectivity index is 3.98. The Morgan fingerprint density at radius 2 is 1.08 bits per heavy atom. The molecule has 0 aromatic rings. The Labute approximate surface area is 231 Å². The van der Waals surface area contributed by atoms with Gasteiger partial charge in [-0.2, -0.15) is 8.42 Å². The molecule has 0 amide bonds. The minimum absolute atomic E-state index is 0.0804. The average molecular weight is 550 g/mol. The maximum atomic E-state index is 11.4. The molecular formula is C30H63NO5S. The molecule has 0 aromatic heterocycles. The van der Waals surface area contributed by atoms with Gasteiger partial charge in [-0.3, -0.25) is 4.18 Å². The van der Waals surface area contributed by atoms with E-state index in [9.17, 15) is 13.5 Å². The van der Waals surface area contributed by atoms with E-state index in [1.807, 2.05) is 7.05 Å². The highest BCUT2D eigenvalue weighted by atomic mass is 32.2. The fraction of sp³-hybridized carbons (Fsp3) is 1.00. The van der Waals surface area contributed by atoms with Crippen molar-refractivity contribution in [3.8, 4) is 0 Å². The third-order valence-corrected chi connectivity index (χ3v) is 8.58. The van der Waals surface area contributed by atoms with Crippen LogP contribution in [0.25, 0.3) is 0 Å². The first-order chi connectivity index (χ1) is 17.8. The molecule has 0 heterocycles. The van der Waals surface area contributed by atoms with Crippen LogP contribution in [-0.4, -0.2) is 63.8 Å². The third-order valence-electron chi connectivity index (χ3n) is 7.29. The molecule has 1 N–H and O–H groups in total. The third kappa shape index (κ3) is 25.8. The zero-order valence-corrected chi connectivity index (χ0v) is 25.9. The molecule has 0 aliphatic rings.